The van der Waals surface area contributed by atoms with Crippen LogP contribution < -0.4 is 21.3 Å². The Balaban J connectivity index is 1.00. The average Bonchev–Trinajstić information content (AvgIpc) is 0.754. The van der Waals surface area contributed by atoms with Crippen LogP contribution in [0.25, 0.3) is 0 Å². The Bertz CT molecular complexity index is 4180. The van der Waals surface area contributed by atoms with E-state index in [2.05, 4.69) is 21.3 Å². The zero-order valence-electron chi connectivity index (χ0n) is 74.6. The summed E-state index contributed by atoms with van der Waals surface area (Å²) >= 11 is 0. The van der Waals surface area contributed by atoms with Crippen molar-refractivity contribution < 1.29 is 291 Å². The van der Waals surface area contributed by atoms with Crippen molar-refractivity contribution in [3.63, 3.8) is 0 Å². The highest BCUT2D eigenvalue weighted by molar-refractivity contribution is 7.81. The molecule has 0 aliphatic carbocycles. The molecule has 0 bridgehead atoms. The number of rotatable bonds is 37. The highest BCUT2D eigenvalue weighted by atomic mass is 32.3. The third kappa shape index (κ3) is 26.7. The van der Waals surface area contributed by atoms with Crippen LogP contribution in [-0.2, 0) is 148 Å². The molecule has 0 unspecified atom stereocenters. The first-order valence-electron chi connectivity index (χ1n) is 43.7. The van der Waals surface area contributed by atoms with Crippen LogP contribution in [0.5, 0.6) is 0 Å². The summed E-state index contributed by atoms with van der Waals surface area (Å²) in [7, 11) is -11.4. The molecule has 66 heteroatoms. The van der Waals surface area contributed by atoms with E-state index in [-0.39, 0.29) is 0 Å². The Morgan fingerprint density at radius 1 is 0.236 bits per heavy atom. The van der Waals surface area contributed by atoms with Gasteiger partial charge in [-0.1, -0.05) is 0 Å². The second-order valence-electron chi connectivity index (χ2n) is 34.8. The molecule has 0 aromatic heterocycles. The van der Waals surface area contributed by atoms with Gasteiger partial charge in [0.2, 0.25) is 23.6 Å². The van der Waals surface area contributed by atoms with E-state index in [0.29, 0.717) is 0 Å². The highest BCUT2D eigenvalue weighted by Crippen LogP contribution is 2.43. The molecule has 11 saturated heterocycles. The molecule has 55 atom stereocenters. The third-order valence-corrected chi connectivity index (χ3v) is 25.8. The number of amides is 4. The molecule has 0 aromatic carbocycles. The summed E-state index contributed by atoms with van der Waals surface area (Å²) in [4.78, 5) is 52.9. The van der Waals surface area contributed by atoms with Gasteiger partial charge in [0.15, 0.2) is 69.2 Å². The molecule has 140 heavy (non-hydrogen) atoms. The van der Waals surface area contributed by atoms with Gasteiger partial charge in [0, 0.05) is 27.7 Å². The Labute approximate surface area is 792 Å². The minimum Gasteiger partial charge on any atom is -0.394 e. The van der Waals surface area contributed by atoms with Gasteiger partial charge in [0.05, 0.1) is 71.7 Å². The summed E-state index contributed by atoms with van der Waals surface area (Å²) < 4.78 is 207. The molecular weight excluding hydrogens is 1970 g/mol. The standard InChI is InChI=1S/C74H124N4O60S2/c1-16-35(89)44(98)50(104)68(119-16)134-59-33(77-20(5)87)66(128-29(14-117-139(110,111)112)57(59)132-70-52(106)46(100)37(91)22(7-79)122-70)137-62-48(102)39(93)24(9-81)124-73(62)116-13-28-41(95)61(54(108)72(127-28)131-56-27(12-84)126-65(32(43(56)97)76-19(4)86)130-55-26(11-83)121-64(109)31(42(55)96)75-18(3)85)136-74-63(49(103)40(94)25(10-82)125-74)138-67-34(78-21(6)88)60(135-69-51(105)45(99)36(90)17(2)120-69)58(30(129-67)15-118-140(113,114)115)133-71-53(107)47(101)38(92)23(8-80)123-71/h16-17,22-74,79-84,89-109H,7-15H2,1-6H3,(H,75,85)(H,76,86)(H,77,87)(H,78,88)(H,110,111,112)(H,113,114,115)/t16-,17-,22+,23+,24+,25+,26+,27+,28+,29+,30+,31+,32+,33+,34+,35+,36+,37-,38-,39+,40+,41+,42+,43+,44+,45+,46-,47-,48-,49-,50-,51-,52+,53+,54-,55+,56+,57+,58+,59+,60+,61-,62-,63-,64+,65-,66-,67-,68-,69-,70-,71-,72-,73-,74+/m0/s1. The molecule has 812 valence electrons. The molecular formula is C74H124N4O60S2. The molecule has 0 saturated carbocycles. The van der Waals surface area contributed by atoms with Crippen LogP contribution in [0, 0.1) is 0 Å². The molecule has 0 spiro atoms. The van der Waals surface area contributed by atoms with Crippen molar-refractivity contribution in [2.75, 3.05) is 59.5 Å². The van der Waals surface area contributed by atoms with Gasteiger partial charge in [-0.25, -0.2) is 8.37 Å². The van der Waals surface area contributed by atoms with E-state index in [1.54, 1.807) is 0 Å². The molecule has 0 radical (unpaired) electrons. The summed E-state index contributed by atoms with van der Waals surface area (Å²) in [5.74, 6) is -4.21. The van der Waals surface area contributed by atoms with Gasteiger partial charge < -0.3 is 259 Å². The summed E-state index contributed by atoms with van der Waals surface area (Å²) in [5, 5.41) is 315. The molecule has 11 fully saturated rings. The fraction of sp³-hybridized carbons (Fsp3) is 0.946. The number of carbonyl (C=O) groups excluding carboxylic acids is 4. The minimum atomic E-state index is -5.70. The lowest BCUT2D eigenvalue weighted by Crippen LogP contribution is -2.71. The predicted molar refractivity (Wildman–Crippen MR) is 427 cm³/mol. The van der Waals surface area contributed by atoms with E-state index in [1.807, 2.05) is 0 Å². The molecule has 11 aliphatic heterocycles. The molecule has 4 amide bonds. The van der Waals surface area contributed by atoms with Crippen LogP contribution in [0.15, 0.2) is 0 Å². The van der Waals surface area contributed by atoms with Crippen molar-refractivity contribution in [1.82, 2.24) is 21.3 Å². The van der Waals surface area contributed by atoms with E-state index in [9.17, 15) is 183 Å². The maximum absolute atomic E-state index is 13.7. The van der Waals surface area contributed by atoms with Crippen molar-refractivity contribution in [2.45, 2.75) is 379 Å². The number of aliphatic hydroxyl groups is 27. The normalized spacial score (nSPS) is 48.4. The van der Waals surface area contributed by atoms with E-state index in [0.717, 1.165) is 41.5 Å². The summed E-state index contributed by atoms with van der Waals surface area (Å²) in [6.45, 7) is -6.13. The number of nitrogens with one attached hydrogen (secondary N) is 4. The van der Waals surface area contributed by atoms with Gasteiger partial charge in [0.1, 0.15) is 256 Å². The van der Waals surface area contributed by atoms with Crippen molar-refractivity contribution in [1.29, 1.82) is 0 Å². The van der Waals surface area contributed by atoms with Gasteiger partial charge in [-0.2, -0.15) is 16.8 Å². The van der Waals surface area contributed by atoms with Gasteiger partial charge >= 0.3 is 20.8 Å². The molecule has 0 aromatic rings. The first-order valence-corrected chi connectivity index (χ1v) is 46.4. The first kappa shape index (κ1) is 116. The van der Waals surface area contributed by atoms with Gasteiger partial charge in [-0.3, -0.25) is 28.3 Å². The Morgan fingerprint density at radius 3 is 0.900 bits per heavy atom. The van der Waals surface area contributed by atoms with Crippen LogP contribution in [0.2, 0.25) is 0 Å². The molecule has 33 N–H and O–H groups in total. The second-order valence-corrected chi connectivity index (χ2v) is 37.0. The fourth-order valence-electron chi connectivity index (χ4n) is 17.6. The van der Waals surface area contributed by atoms with Crippen LogP contribution >= 0.6 is 0 Å². The largest absolute Gasteiger partial charge is 0.397 e. The van der Waals surface area contributed by atoms with Crippen LogP contribution in [0.4, 0.5) is 0 Å². The molecule has 11 rings (SSSR count). The first-order chi connectivity index (χ1) is 65.7. The third-order valence-electron chi connectivity index (χ3n) is 24.9. The van der Waals surface area contributed by atoms with Crippen LogP contribution in [-0.4, -0.2) is 584 Å². The van der Waals surface area contributed by atoms with E-state index >= 15 is 0 Å². The van der Waals surface area contributed by atoms with Gasteiger partial charge in [-0.15, -0.1) is 0 Å². The Morgan fingerprint density at radius 2 is 0.507 bits per heavy atom. The number of ether oxygens (including phenoxy) is 21. The number of hydrogen-bond acceptors (Lipinski definition) is 58. The van der Waals surface area contributed by atoms with Crippen molar-refractivity contribution in [3.8, 4) is 0 Å². The minimum absolute atomic E-state index is 0.801. The lowest BCUT2D eigenvalue weighted by molar-refractivity contribution is -0.404. The monoisotopic (exact) mass is 2090 g/mol. The fourth-order valence-corrected chi connectivity index (χ4v) is 18.2. The zero-order valence-corrected chi connectivity index (χ0v) is 76.2. The lowest BCUT2D eigenvalue weighted by atomic mass is 9.93. The zero-order chi connectivity index (χ0) is 104. The van der Waals surface area contributed by atoms with Gasteiger partial charge in [-0.05, 0) is 13.8 Å². The molecule has 11 heterocycles. The lowest BCUT2D eigenvalue weighted by Gasteiger charge is -2.52. The summed E-state index contributed by atoms with van der Waals surface area (Å²) in [5.41, 5.74) is 0. The van der Waals surface area contributed by atoms with Crippen LogP contribution in [0.1, 0.15) is 41.5 Å². The number of carbonyl (C=O) groups is 4. The number of aliphatic hydroxyl groups excluding tert-OH is 27. The molecule has 11 aliphatic rings. The molecule has 64 nitrogen and oxygen atoms in total. The second kappa shape index (κ2) is 49.4. The number of hydrogen-bond donors (Lipinski definition) is 33. The van der Waals surface area contributed by atoms with Crippen molar-refractivity contribution in [3.05, 3.63) is 0 Å². The highest BCUT2D eigenvalue weighted by Gasteiger charge is 2.64. The Kier molecular flexibility index (Phi) is 41.0. The van der Waals surface area contributed by atoms with E-state index in [1.165, 1.54) is 0 Å². The van der Waals surface area contributed by atoms with E-state index < -0.39 is 441 Å². The predicted octanol–water partition coefficient (Wildman–Crippen LogP) is -22.7. The van der Waals surface area contributed by atoms with Crippen molar-refractivity contribution in [2.24, 2.45) is 0 Å². The quantitative estimate of drug-likeness (QED) is 0.0257. The Hall–Kier alpha value is -4.30. The topological polar surface area (TPSA) is 984 Å². The van der Waals surface area contributed by atoms with Crippen LogP contribution in [0.3, 0.4) is 0 Å². The van der Waals surface area contributed by atoms with E-state index in [4.69, 9.17) is 108 Å². The smallest absolute Gasteiger partial charge is 0.394 e. The summed E-state index contributed by atoms with van der Waals surface area (Å²) in [6.07, 6.45) is -116. The van der Waals surface area contributed by atoms with Crippen molar-refractivity contribution >= 4 is 44.4 Å². The maximum atomic E-state index is 13.7. The SMILES string of the molecule is CC(=O)N[C@@H]1[C@@H](O)[C@H](O[C@@H]2O[C@H](CO)[C@@H](O[C@@H]3O[C@H](CO[C@H]4O[C@H](CO)[C@@H](O)[C@H](O)[C@@H]4O[C@@H]4O[C@H](COS(=O)(=O)O)[C@@H](O[C@@H]5O[C@H](CO)[C@H](O)[C@H](O)[C@H]5O)[C@H](O[C@@H]5O[C@@H](C)[C@@H](O)[C@@H](O)[C@@H]5O)[C@H]4NC(C)=O)[C@@H](O)[C@H](O[C@H]4O[C@H](CO)[C@@H](O)[C@H](O)[C@@H]4O[C@@H]4O[C@H](COS(=O)(=O)O)[C@@H](O[C@@H]5O[C@H](CO)[C@H](O)[C@H](O)[C@H]5O)[C@H](O[C@@H]5O[C@@H](C)[C@@H](O)[C@@H](O)[C@@H]5O)[C@H]4NC(C)=O)[C@@H]3O)[C@H](O)[C@H]2NC(C)=O)[C@@H](CO)O[C@H]1O. The maximum Gasteiger partial charge on any atom is 0.397 e. The average molecular weight is 2090 g/mol. The van der Waals surface area contributed by atoms with Gasteiger partial charge in [0.25, 0.3) is 0 Å². The summed E-state index contributed by atoms with van der Waals surface area (Å²) in [6, 6.07) is -8.36.